The van der Waals surface area contributed by atoms with Crippen LogP contribution in [0.25, 0.3) is 10.9 Å². The van der Waals surface area contributed by atoms with Crippen LogP contribution in [0.5, 0.6) is 0 Å². The molecule has 102 valence electrons. The number of hydrogen-bond acceptors (Lipinski definition) is 3. The number of rotatable bonds is 4. The van der Waals surface area contributed by atoms with Gasteiger partial charge in [-0.05, 0) is 43.3 Å². The number of fused-ring (bicyclic) bond motifs is 1. The van der Waals surface area contributed by atoms with Crippen LogP contribution in [-0.2, 0) is 0 Å². The highest BCUT2D eigenvalue weighted by Gasteiger charge is 2.17. The van der Waals surface area contributed by atoms with Crippen LogP contribution in [0.3, 0.4) is 0 Å². The van der Waals surface area contributed by atoms with Crippen LogP contribution < -0.4 is 5.32 Å². The van der Waals surface area contributed by atoms with Gasteiger partial charge >= 0.3 is 0 Å². The number of furan rings is 1. The number of aromatic nitrogens is 1. The van der Waals surface area contributed by atoms with Crippen molar-refractivity contribution in [3.63, 3.8) is 0 Å². The minimum atomic E-state index is 0.156. The summed E-state index contributed by atoms with van der Waals surface area (Å²) in [6.45, 7) is 5.02. The van der Waals surface area contributed by atoms with E-state index in [1.807, 2.05) is 25.3 Å². The van der Waals surface area contributed by atoms with Gasteiger partial charge in [-0.2, -0.15) is 0 Å². The predicted molar refractivity (Wildman–Crippen MR) is 80.7 cm³/mol. The molecule has 1 unspecified atom stereocenters. The summed E-state index contributed by atoms with van der Waals surface area (Å²) in [5.41, 5.74) is 3.45. The van der Waals surface area contributed by atoms with Gasteiger partial charge < -0.3 is 9.73 Å². The van der Waals surface area contributed by atoms with Gasteiger partial charge in [0, 0.05) is 17.1 Å². The predicted octanol–water partition coefficient (Wildman–Crippen LogP) is 3.84. The van der Waals surface area contributed by atoms with E-state index in [1.165, 1.54) is 11.1 Å². The first-order chi connectivity index (χ1) is 9.79. The van der Waals surface area contributed by atoms with E-state index in [1.54, 1.807) is 6.26 Å². The second-order valence-electron chi connectivity index (χ2n) is 4.88. The Hall–Kier alpha value is -2.13. The lowest BCUT2D eigenvalue weighted by Gasteiger charge is -2.18. The van der Waals surface area contributed by atoms with Crippen molar-refractivity contribution in [2.45, 2.75) is 19.9 Å². The highest BCUT2D eigenvalue weighted by Crippen LogP contribution is 2.27. The van der Waals surface area contributed by atoms with Crippen molar-refractivity contribution in [2.75, 3.05) is 6.54 Å². The van der Waals surface area contributed by atoms with Gasteiger partial charge in [-0.25, -0.2) is 0 Å². The Kier molecular flexibility index (Phi) is 3.52. The molecule has 3 nitrogen and oxygen atoms in total. The summed E-state index contributed by atoms with van der Waals surface area (Å²) in [4.78, 5) is 4.37. The molecule has 0 fully saturated rings. The maximum absolute atomic E-state index is 5.45. The normalized spacial score (nSPS) is 12.7. The molecule has 1 atom stereocenters. The maximum atomic E-state index is 5.45. The van der Waals surface area contributed by atoms with Crippen LogP contribution >= 0.6 is 0 Å². The Morgan fingerprint density at radius 1 is 1.25 bits per heavy atom. The molecule has 0 saturated heterocycles. The largest absolute Gasteiger partial charge is 0.469 e. The summed E-state index contributed by atoms with van der Waals surface area (Å²) in [6, 6.07) is 12.7. The lowest BCUT2D eigenvalue weighted by Crippen LogP contribution is -2.22. The fraction of sp³-hybridized carbons (Fsp3) is 0.235. The Morgan fingerprint density at radius 2 is 2.15 bits per heavy atom. The summed E-state index contributed by atoms with van der Waals surface area (Å²) in [6.07, 6.45) is 3.57. The molecule has 1 aromatic carbocycles. The molecule has 2 aromatic heterocycles. The summed E-state index contributed by atoms with van der Waals surface area (Å²) in [5.74, 6) is 0.960. The summed E-state index contributed by atoms with van der Waals surface area (Å²) >= 11 is 0. The Balaban J connectivity index is 2.07. The van der Waals surface area contributed by atoms with Crippen LogP contribution in [-0.4, -0.2) is 11.5 Å². The lowest BCUT2D eigenvalue weighted by molar-refractivity contribution is 0.520. The van der Waals surface area contributed by atoms with Crippen LogP contribution in [0, 0.1) is 6.92 Å². The number of pyridine rings is 1. The average Bonchev–Trinajstić information content (AvgIpc) is 2.90. The van der Waals surface area contributed by atoms with Crippen molar-refractivity contribution in [3.05, 3.63) is 65.7 Å². The molecule has 0 aliphatic carbocycles. The molecular weight excluding hydrogens is 248 g/mol. The second-order valence-corrected chi connectivity index (χ2v) is 4.88. The van der Waals surface area contributed by atoms with Crippen LogP contribution in [0.4, 0.5) is 0 Å². The van der Waals surface area contributed by atoms with Gasteiger partial charge in [0.1, 0.15) is 5.76 Å². The zero-order valence-electron chi connectivity index (χ0n) is 11.8. The molecule has 0 bridgehead atoms. The van der Waals surface area contributed by atoms with Crippen molar-refractivity contribution in [3.8, 4) is 0 Å². The maximum Gasteiger partial charge on any atom is 0.105 e. The Bertz CT molecular complexity index is 718. The monoisotopic (exact) mass is 266 g/mol. The standard InChI is InChI=1S/C17H18N2O/c1-3-18-17(15-8-10-20-12(15)2)14-6-7-16-13(11-14)5-4-9-19-16/h4-11,17-18H,3H2,1-2H3. The van der Waals surface area contributed by atoms with Crippen LogP contribution in [0.1, 0.15) is 29.9 Å². The minimum absolute atomic E-state index is 0.156. The summed E-state index contributed by atoms with van der Waals surface area (Å²) in [7, 11) is 0. The molecule has 2 heterocycles. The first kappa shape index (κ1) is 12.9. The number of aryl methyl sites for hydroxylation is 1. The zero-order valence-corrected chi connectivity index (χ0v) is 11.8. The van der Waals surface area contributed by atoms with Crippen molar-refractivity contribution in [1.29, 1.82) is 0 Å². The summed E-state index contributed by atoms with van der Waals surface area (Å²) in [5, 5.41) is 4.69. The molecule has 3 aromatic rings. The first-order valence-electron chi connectivity index (χ1n) is 6.91. The van der Waals surface area contributed by atoms with Crippen molar-refractivity contribution in [2.24, 2.45) is 0 Å². The quantitative estimate of drug-likeness (QED) is 0.779. The minimum Gasteiger partial charge on any atom is -0.469 e. The third-order valence-corrected chi connectivity index (χ3v) is 3.58. The van der Waals surface area contributed by atoms with Crippen molar-refractivity contribution >= 4 is 10.9 Å². The number of hydrogen-bond donors (Lipinski definition) is 1. The van der Waals surface area contributed by atoms with Crippen LogP contribution in [0.2, 0.25) is 0 Å². The molecular formula is C17H18N2O. The fourth-order valence-electron chi connectivity index (χ4n) is 2.58. The van der Waals surface area contributed by atoms with E-state index in [-0.39, 0.29) is 6.04 Å². The smallest absolute Gasteiger partial charge is 0.105 e. The average molecular weight is 266 g/mol. The molecule has 0 amide bonds. The Labute approximate surface area is 118 Å². The third kappa shape index (κ3) is 2.32. The molecule has 1 N–H and O–H groups in total. The summed E-state index contributed by atoms with van der Waals surface area (Å²) < 4.78 is 5.45. The van der Waals surface area contributed by atoms with Gasteiger partial charge in [0.2, 0.25) is 0 Å². The SMILES string of the molecule is CCNC(c1ccc2ncccc2c1)c1ccoc1C. The third-order valence-electron chi connectivity index (χ3n) is 3.58. The molecule has 0 aliphatic heterocycles. The molecule has 0 spiro atoms. The van der Waals surface area contributed by atoms with Gasteiger partial charge in [-0.1, -0.05) is 19.1 Å². The number of nitrogens with zero attached hydrogens (tertiary/aromatic N) is 1. The van der Waals surface area contributed by atoms with E-state index in [4.69, 9.17) is 4.42 Å². The fourth-order valence-corrected chi connectivity index (χ4v) is 2.58. The topological polar surface area (TPSA) is 38.1 Å². The van der Waals surface area contributed by atoms with Gasteiger partial charge in [0.05, 0.1) is 17.8 Å². The molecule has 20 heavy (non-hydrogen) atoms. The van der Waals surface area contributed by atoms with Gasteiger partial charge in [-0.15, -0.1) is 0 Å². The Morgan fingerprint density at radius 3 is 2.90 bits per heavy atom. The first-order valence-corrected chi connectivity index (χ1v) is 6.91. The van der Waals surface area contributed by atoms with Gasteiger partial charge in [-0.3, -0.25) is 4.98 Å². The van der Waals surface area contributed by atoms with E-state index in [2.05, 4.69) is 41.5 Å². The highest BCUT2D eigenvalue weighted by molar-refractivity contribution is 5.79. The molecule has 0 aliphatic rings. The molecule has 3 heteroatoms. The number of benzene rings is 1. The van der Waals surface area contributed by atoms with Gasteiger partial charge in [0.25, 0.3) is 0 Å². The van der Waals surface area contributed by atoms with E-state index in [9.17, 15) is 0 Å². The van der Waals surface area contributed by atoms with Crippen molar-refractivity contribution in [1.82, 2.24) is 10.3 Å². The van der Waals surface area contributed by atoms with Gasteiger partial charge in [0.15, 0.2) is 0 Å². The molecule has 3 rings (SSSR count). The van der Waals surface area contributed by atoms with E-state index >= 15 is 0 Å². The van der Waals surface area contributed by atoms with E-state index < -0.39 is 0 Å². The zero-order chi connectivity index (χ0) is 13.9. The number of nitrogens with one attached hydrogen (secondary N) is 1. The highest BCUT2D eigenvalue weighted by atomic mass is 16.3. The molecule has 0 saturated carbocycles. The van der Waals surface area contributed by atoms with E-state index in [0.29, 0.717) is 0 Å². The second kappa shape index (κ2) is 5.47. The van der Waals surface area contributed by atoms with E-state index in [0.717, 1.165) is 23.2 Å². The molecule has 0 radical (unpaired) electrons. The van der Waals surface area contributed by atoms with Crippen LogP contribution in [0.15, 0.2) is 53.3 Å². The lowest BCUT2D eigenvalue weighted by atomic mass is 9.97. The van der Waals surface area contributed by atoms with Crippen molar-refractivity contribution < 1.29 is 4.42 Å².